The fourth-order valence-electron chi connectivity index (χ4n) is 5.15. The summed E-state index contributed by atoms with van der Waals surface area (Å²) in [5.74, 6) is -0.806. The fraction of sp³-hybridized carbons (Fsp3) is 0.286. The van der Waals surface area contributed by atoms with Crippen molar-refractivity contribution >= 4 is 45.2 Å². The number of nitrogens with one attached hydrogen (secondary N) is 1. The maximum Gasteiger partial charge on any atom is 0.339 e. The number of aromatic nitrogens is 2. The first-order valence-corrected chi connectivity index (χ1v) is 13.9. The van der Waals surface area contributed by atoms with E-state index in [1.165, 1.54) is 27.8 Å². The van der Waals surface area contributed by atoms with Gasteiger partial charge in [0.2, 0.25) is 0 Å². The molecule has 1 amide bonds. The number of amides is 1. The molecule has 182 valence electrons. The van der Waals surface area contributed by atoms with Crippen molar-refractivity contribution in [1.29, 1.82) is 0 Å². The van der Waals surface area contributed by atoms with Gasteiger partial charge in [-0.3, -0.25) is 4.79 Å². The Kier molecular flexibility index (Phi) is 6.46. The predicted octanol–water partition coefficient (Wildman–Crippen LogP) is 5.68. The Balaban J connectivity index is 1.15. The van der Waals surface area contributed by atoms with E-state index in [1.807, 2.05) is 24.3 Å². The van der Waals surface area contributed by atoms with E-state index in [-0.39, 0.29) is 18.6 Å². The average Bonchev–Trinajstić information content (AvgIpc) is 3.50. The minimum Gasteiger partial charge on any atom is -0.452 e. The van der Waals surface area contributed by atoms with E-state index >= 15 is 0 Å². The van der Waals surface area contributed by atoms with E-state index in [0.29, 0.717) is 5.56 Å². The molecule has 6 rings (SSSR count). The SMILES string of the molecule is O=C(COC(=O)c1ccccc1Sc1ncnc2sc3c(c12)CCC3)N[C@@H]1CCCc2ccccc21. The molecule has 4 aromatic rings. The number of hydrogen-bond donors (Lipinski definition) is 1. The van der Waals surface area contributed by atoms with Crippen LogP contribution in [0.2, 0.25) is 0 Å². The van der Waals surface area contributed by atoms with Crippen LogP contribution < -0.4 is 5.32 Å². The van der Waals surface area contributed by atoms with Crippen LogP contribution in [0.1, 0.15) is 57.2 Å². The Morgan fingerprint density at radius 1 is 1.03 bits per heavy atom. The molecule has 0 aliphatic heterocycles. The average molecular weight is 516 g/mol. The van der Waals surface area contributed by atoms with Gasteiger partial charge in [0.25, 0.3) is 5.91 Å². The van der Waals surface area contributed by atoms with Crippen molar-refractivity contribution in [2.24, 2.45) is 0 Å². The molecular formula is C28H25N3O3S2. The minimum atomic E-state index is -0.516. The summed E-state index contributed by atoms with van der Waals surface area (Å²) in [7, 11) is 0. The first-order valence-electron chi connectivity index (χ1n) is 12.2. The topological polar surface area (TPSA) is 81.2 Å². The molecule has 2 aliphatic carbocycles. The summed E-state index contributed by atoms with van der Waals surface area (Å²) >= 11 is 3.19. The van der Waals surface area contributed by atoms with Crippen molar-refractivity contribution < 1.29 is 14.3 Å². The van der Waals surface area contributed by atoms with Crippen LogP contribution in [0.3, 0.4) is 0 Å². The summed E-state index contributed by atoms with van der Waals surface area (Å²) in [6.07, 6.45) is 7.82. The van der Waals surface area contributed by atoms with Crippen molar-refractivity contribution in [3.05, 3.63) is 82.0 Å². The van der Waals surface area contributed by atoms with Gasteiger partial charge in [-0.25, -0.2) is 14.8 Å². The third-order valence-electron chi connectivity index (χ3n) is 6.82. The van der Waals surface area contributed by atoms with Gasteiger partial charge in [-0.2, -0.15) is 0 Å². The molecule has 0 unspecified atom stereocenters. The maximum absolute atomic E-state index is 13.0. The standard InChI is InChI=1S/C28H25N3O3S2/c32-24(31-21-12-5-8-17-7-1-2-9-18(17)21)15-34-28(33)20-10-3-4-13-23(20)36-27-25-19-11-6-14-22(19)35-26(25)29-16-30-27/h1-4,7,9-10,13,16,21H,5-6,8,11-12,14-15H2,(H,31,32)/t21-/m1/s1. The lowest BCUT2D eigenvalue weighted by Crippen LogP contribution is -2.34. The fourth-order valence-corrected chi connectivity index (χ4v) is 7.49. The molecule has 2 aromatic heterocycles. The summed E-state index contributed by atoms with van der Waals surface area (Å²) in [6.45, 7) is -0.313. The smallest absolute Gasteiger partial charge is 0.339 e. The van der Waals surface area contributed by atoms with Crippen LogP contribution in [0.15, 0.2) is 64.8 Å². The van der Waals surface area contributed by atoms with E-state index in [4.69, 9.17) is 4.74 Å². The number of fused-ring (bicyclic) bond motifs is 4. The molecule has 0 saturated heterocycles. The van der Waals surface area contributed by atoms with E-state index in [0.717, 1.165) is 64.2 Å². The largest absolute Gasteiger partial charge is 0.452 e. The van der Waals surface area contributed by atoms with Crippen molar-refractivity contribution in [3.8, 4) is 0 Å². The zero-order chi connectivity index (χ0) is 24.5. The molecule has 8 heteroatoms. The van der Waals surface area contributed by atoms with Gasteiger partial charge in [0.15, 0.2) is 6.61 Å². The first kappa shape index (κ1) is 23.2. The van der Waals surface area contributed by atoms with Crippen LogP contribution in [0.4, 0.5) is 0 Å². The summed E-state index contributed by atoms with van der Waals surface area (Å²) in [5, 5.41) is 5.00. The van der Waals surface area contributed by atoms with Gasteiger partial charge < -0.3 is 10.1 Å². The molecule has 1 N–H and O–H groups in total. The molecule has 0 saturated carbocycles. The number of thiophene rings is 1. The van der Waals surface area contributed by atoms with E-state index < -0.39 is 5.97 Å². The Hall–Kier alpha value is -3.23. The second kappa shape index (κ2) is 10.0. The van der Waals surface area contributed by atoms with Crippen molar-refractivity contribution in [2.75, 3.05) is 6.61 Å². The Morgan fingerprint density at radius 3 is 2.83 bits per heavy atom. The molecule has 2 heterocycles. The van der Waals surface area contributed by atoms with Gasteiger partial charge in [-0.1, -0.05) is 48.2 Å². The summed E-state index contributed by atoms with van der Waals surface area (Å²) < 4.78 is 5.45. The van der Waals surface area contributed by atoms with Gasteiger partial charge in [-0.05, 0) is 67.3 Å². The summed E-state index contributed by atoms with van der Waals surface area (Å²) in [5.41, 5.74) is 4.20. The molecule has 2 aliphatic rings. The van der Waals surface area contributed by atoms with E-state index in [9.17, 15) is 9.59 Å². The molecular weight excluding hydrogens is 490 g/mol. The van der Waals surface area contributed by atoms with Gasteiger partial charge >= 0.3 is 5.97 Å². The van der Waals surface area contributed by atoms with Crippen molar-refractivity contribution in [3.63, 3.8) is 0 Å². The highest BCUT2D eigenvalue weighted by atomic mass is 32.2. The molecule has 0 bridgehead atoms. The van der Waals surface area contributed by atoms with Gasteiger partial charge in [0.1, 0.15) is 16.2 Å². The highest BCUT2D eigenvalue weighted by molar-refractivity contribution is 7.99. The maximum atomic E-state index is 13.0. The lowest BCUT2D eigenvalue weighted by Gasteiger charge is -2.26. The number of hydrogen-bond acceptors (Lipinski definition) is 7. The molecule has 2 aromatic carbocycles. The number of benzene rings is 2. The third kappa shape index (κ3) is 4.51. The number of nitrogens with zero attached hydrogens (tertiary/aromatic N) is 2. The normalized spacial score (nSPS) is 16.4. The van der Waals surface area contributed by atoms with Gasteiger partial charge in [0.05, 0.1) is 11.6 Å². The second-order valence-corrected chi connectivity index (χ2v) is 11.2. The van der Waals surface area contributed by atoms with Gasteiger partial charge in [-0.15, -0.1) is 11.3 Å². The third-order valence-corrected chi connectivity index (χ3v) is 9.10. The number of carbonyl (C=O) groups excluding carboxylic acids is 2. The highest BCUT2D eigenvalue weighted by Crippen LogP contribution is 2.42. The molecule has 6 nitrogen and oxygen atoms in total. The molecule has 1 atom stereocenters. The Morgan fingerprint density at radius 2 is 1.89 bits per heavy atom. The Bertz CT molecular complexity index is 1470. The number of ether oxygens (including phenoxy) is 1. The van der Waals surface area contributed by atoms with E-state index in [1.54, 1.807) is 29.8 Å². The lowest BCUT2D eigenvalue weighted by atomic mass is 9.88. The number of carbonyl (C=O) groups is 2. The number of rotatable bonds is 6. The highest BCUT2D eigenvalue weighted by Gasteiger charge is 2.24. The van der Waals surface area contributed by atoms with Crippen molar-refractivity contribution in [1.82, 2.24) is 15.3 Å². The quantitative estimate of drug-likeness (QED) is 0.263. The molecule has 0 radical (unpaired) electrons. The van der Waals surface area contributed by atoms with Crippen molar-refractivity contribution in [2.45, 2.75) is 54.5 Å². The van der Waals surface area contributed by atoms with Crippen LogP contribution in [0, 0.1) is 0 Å². The zero-order valence-corrected chi connectivity index (χ0v) is 21.3. The molecule has 0 fully saturated rings. The predicted molar refractivity (Wildman–Crippen MR) is 141 cm³/mol. The molecule has 36 heavy (non-hydrogen) atoms. The van der Waals surface area contributed by atoms with Gasteiger partial charge in [0, 0.05) is 15.2 Å². The summed E-state index contributed by atoms with van der Waals surface area (Å²) in [4.78, 5) is 37.8. The lowest BCUT2D eigenvalue weighted by molar-refractivity contribution is -0.125. The first-order chi connectivity index (χ1) is 17.7. The van der Waals surface area contributed by atoms with Crippen LogP contribution in [-0.2, 0) is 28.8 Å². The minimum absolute atomic E-state index is 0.0449. The molecule has 0 spiro atoms. The monoisotopic (exact) mass is 515 g/mol. The Labute approximate surface area is 217 Å². The number of esters is 1. The second-order valence-electron chi connectivity index (χ2n) is 9.10. The van der Waals surface area contributed by atoms with Crippen LogP contribution in [-0.4, -0.2) is 28.5 Å². The summed E-state index contributed by atoms with van der Waals surface area (Å²) in [6, 6.07) is 15.5. The van der Waals surface area contributed by atoms with Crippen LogP contribution in [0.5, 0.6) is 0 Å². The zero-order valence-electron chi connectivity index (χ0n) is 19.7. The van der Waals surface area contributed by atoms with Crippen LogP contribution >= 0.6 is 23.1 Å². The number of aryl methyl sites for hydroxylation is 3. The van der Waals surface area contributed by atoms with Crippen LogP contribution in [0.25, 0.3) is 10.2 Å². The van der Waals surface area contributed by atoms with E-state index in [2.05, 4.69) is 27.4 Å².